The monoisotopic (exact) mass is 534 g/mol. The fourth-order valence-electron chi connectivity index (χ4n) is 8.65. The van der Waals surface area contributed by atoms with E-state index < -0.39 is 15.7 Å². The Morgan fingerprint density at radius 2 is 1.83 bits per heavy atom. The zero-order chi connectivity index (χ0) is 22.1. The van der Waals surface area contributed by atoms with Crippen molar-refractivity contribution >= 4 is 28.6 Å². The van der Waals surface area contributed by atoms with Crippen LogP contribution in [0.4, 0.5) is 0 Å². The SMILES string of the molecule is CC(CCC(=O)O)C1CCC2C3C(O)CC4CC(O)(I)CCC4(C)C3CC(O)C12C. The number of halogens is 1. The van der Waals surface area contributed by atoms with Gasteiger partial charge < -0.3 is 20.4 Å². The summed E-state index contributed by atoms with van der Waals surface area (Å²) in [5, 5.41) is 42.6. The van der Waals surface area contributed by atoms with Gasteiger partial charge in [-0.2, -0.15) is 0 Å². The van der Waals surface area contributed by atoms with Gasteiger partial charge in [-0.25, -0.2) is 0 Å². The van der Waals surface area contributed by atoms with Gasteiger partial charge in [0.2, 0.25) is 0 Å². The van der Waals surface area contributed by atoms with E-state index in [2.05, 4.69) is 43.4 Å². The van der Waals surface area contributed by atoms with Crippen LogP contribution in [0.25, 0.3) is 0 Å². The third kappa shape index (κ3) is 3.56. The van der Waals surface area contributed by atoms with Crippen LogP contribution in [0.1, 0.15) is 78.6 Å². The molecule has 0 aromatic carbocycles. The summed E-state index contributed by atoms with van der Waals surface area (Å²) in [5.41, 5.74) is -0.182. The molecular formula is C24H39IO5. The van der Waals surface area contributed by atoms with E-state index in [0.29, 0.717) is 24.2 Å². The van der Waals surface area contributed by atoms with Crippen molar-refractivity contribution in [1.29, 1.82) is 0 Å². The van der Waals surface area contributed by atoms with E-state index in [1.807, 2.05) is 0 Å². The summed E-state index contributed by atoms with van der Waals surface area (Å²) in [4.78, 5) is 11.1. The van der Waals surface area contributed by atoms with Crippen LogP contribution in [0.3, 0.4) is 0 Å². The summed E-state index contributed by atoms with van der Waals surface area (Å²) in [5.74, 6) is 0.900. The van der Waals surface area contributed by atoms with Crippen LogP contribution in [0.2, 0.25) is 0 Å². The molecule has 11 atom stereocenters. The first kappa shape index (κ1) is 23.2. The molecule has 0 radical (unpaired) electrons. The largest absolute Gasteiger partial charge is 0.481 e. The lowest BCUT2D eigenvalue weighted by molar-refractivity contribution is -0.208. The van der Waals surface area contributed by atoms with Gasteiger partial charge in [-0.05, 0) is 120 Å². The first-order valence-corrected chi connectivity index (χ1v) is 13.0. The van der Waals surface area contributed by atoms with Crippen LogP contribution in [0, 0.1) is 46.3 Å². The molecule has 4 saturated carbocycles. The molecule has 0 spiro atoms. The van der Waals surface area contributed by atoms with Gasteiger partial charge in [-0.3, -0.25) is 4.79 Å². The molecule has 4 aliphatic carbocycles. The number of rotatable bonds is 4. The lowest BCUT2D eigenvalue weighted by atomic mass is 9.43. The van der Waals surface area contributed by atoms with E-state index in [1.165, 1.54) is 0 Å². The Labute approximate surface area is 194 Å². The molecule has 0 saturated heterocycles. The third-order valence-electron chi connectivity index (χ3n) is 10.4. The lowest BCUT2D eigenvalue weighted by Gasteiger charge is -2.64. The van der Waals surface area contributed by atoms with E-state index >= 15 is 0 Å². The predicted molar refractivity (Wildman–Crippen MR) is 123 cm³/mol. The van der Waals surface area contributed by atoms with Crippen molar-refractivity contribution in [2.45, 2.75) is 94.4 Å². The number of carboxylic acids is 1. The topological polar surface area (TPSA) is 98.0 Å². The summed E-state index contributed by atoms with van der Waals surface area (Å²) >= 11 is 2.18. The van der Waals surface area contributed by atoms with Gasteiger partial charge in [0.15, 0.2) is 0 Å². The highest BCUT2D eigenvalue weighted by molar-refractivity contribution is 14.1. The minimum atomic E-state index is -0.750. The van der Waals surface area contributed by atoms with Gasteiger partial charge in [-0.1, -0.05) is 20.8 Å². The highest BCUT2D eigenvalue weighted by atomic mass is 127. The molecule has 172 valence electrons. The van der Waals surface area contributed by atoms with Gasteiger partial charge in [-0.15, -0.1) is 0 Å². The van der Waals surface area contributed by atoms with Crippen LogP contribution >= 0.6 is 22.6 Å². The zero-order valence-electron chi connectivity index (χ0n) is 18.6. The summed E-state index contributed by atoms with van der Waals surface area (Å²) < 4.78 is -0.672. The van der Waals surface area contributed by atoms with Crippen molar-refractivity contribution in [3.8, 4) is 0 Å². The number of hydrogen-bond acceptors (Lipinski definition) is 4. The van der Waals surface area contributed by atoms with Gasteiger partial charge in [0.25, 0.3) is 0 Å². The van der Waals surface area contributed by atoms with Gasteiger partial charge in [0.05, 0.1) is 12.2 Å². The summed E-state index contributed by atoms with van der Waals surface area (Å²) in [6, 6.07) is 0. The van der Waals surface area contributed by atoms with Crippen LogP contribution < -0.4 is 0 Å². The van der Waals surface area contributed by atoms with E-state index in [9.17, 15) is 20.1 Å². The maximum Gasteiger partial charge on any atom is 0.303 e. The molecule has 4 aliphatic rings. The number of aliphatic carboxylic acids is 1. The maximum absolute atomic E-state index is 11.5. The second-order valence-corrected chi connectivity index (χ2v) is 13.6. The average molecular weight is 534 g/mol. The van der Waals surface area contributed by atoms with Gasteiger partial charge in [0.1, 0.15) is 3.61 Å². The zero-order valence-corrected chi connectivity index (χ0v) is 20.7. The smallest absolute Gasteiger partial charge is 0.303 e. The fraction of sp³-hybridized carbons (Fsp3) is 0.958. The molecule has 0 amide bonds. The molecule has 5 nitrogen and oxygen atoms in total. The summed E-state index contributed by atoms with van der Waals surface area (Å²) in [7, 11) is 0. The highest BCUT2D eigenvalue weighted by Gasteiger charge is 2.66. The molecule has 0 aromatic heterocycles. The second-order valence-electron chi connectivity index (χ2n) is 11.6. The number of carbonyl (C=O) groups is 1. The number of carboxylic acid groups (broad SMARTS) is 1. The molecule has 4 N–H and O–H groups in total. The molecule has 11 unspecified atom stereocenters. The Hall–Kier alpha value is 0.0800. The highest BCUT2D eigenvalue weighted by Crippen LogP contribution is 2.69. The molecule has 0 bridgehead atoms. The van der Waals surface area contributed by atoms with Gasteiger partial charge in [0, 0.05) is 6.42 Å². The second kappa shape index (κ2) is 7.84. The molecule has 0 aliphatic heterocycles. The summed E-state index contributed by atoms with van der Waals surface area (Å²) in [6.07, 6.45) is 6.04. The maximum atomic E-state index is 11.5. The third-order valence-corrected chi connectivity index (χ3v) is 11.3. The van der Waals surface area contributed by atoms with E-state index in [1.54, 1.807) is 0 Å². The Bertz CT molecular complexity index is 683. The Balaban J connectivity index is 1.61. The Morgan fingerprint density at radius 3 is 2.50 bits per heavy atom. The average Bonchev–Trinajstić information content (AvgIpc) is 3.00. The van der Waals surface area contributed by atoms with Crippen molar-refractivity contribution in [2.75, 3.05) is 0 Å². The van der Waals surface area contributed by atoms with Crippen molar-refractivity contribution in [1.82, 2.24) is 0 Å². The lowest BCUT2D eigenvalue weighted by Crippen LogP contribution is -2.62. The number of hydrogen-bond donors (Lipinski definition) is 4. The summed E-state index contributed by atoms with van der Waals surface area (Å²) in [6.45, 7) is 6.72. The Kier molecular flexibility index (Phi) is 6.07. The van der Waals surface area contributed by atoms with Crippen LogP contribution in [0.5, 0.6) is 0 Å². The molecule has 0 aromatic rings. The standard InChI is InChI=1S/C24H39IO5/c1-13(4-7-20(28)29)15-5-6-16-21-17(11-19(27)23(15,16)3)22(2)8-9-24(25,30)12-14(22)10-18(21)26/h13-19,21,26-27,30H,4-12H2,1-3H3,(H,28,29). The molecule has 0 heterocycles. The predicted octanol–water partition coefficient (Wildman–Crippen LogP) is 4.21. The fourth-order valence-corrected chi connectivity index (χ4v) is 9.45. The van der Waals surface area contributed by atoms with Crippen molar-refractivity contribution in [2.24, 2.45) is 46.3 Å². The number of aliphatic hydroxyl groups excluding tert-OH is 2. The van der Waals surface area contributed by atoms with Crippen molar-refractivity contribution < 1.29 is 25.2 Å². The molecule has 30 heavy (non-hydrogen) atoms. The van der Waals surface area contributed by atoms with E-state index in [0.717, 1.165) is 44.9 Å². The first-order chi connectivity index (χ1) is 13.9. The quantitative estimate of drug-likeness (QED) is 0.320. The first-order valence-electron chi connectivity index (χ1n) is 11.9. The Morgan fingerprint density at radius 1 is 1.13 bits per heavy atom. The van der Waals surface area contributed by atoms with Crippen LogP contribution in [-0.2, 0) is 4.79 Å². The number of fused-ring (bicyclic) bond motifs is 5. The van der Waals surface area contributed by atoms with Crippen molar-refractivity contribution in [3.05, 3.63) is 0 Å². The normalized spacial score (nSPS) is 54.0. The minimum Gasteiger partial charge on any atom is -0.481 e. The molecular weight excluding hydrogens is 495 g/mol. The molecule has 6 heteroatoms. The van der Waals surface area contributed by atoms with Gasteiger partial charge >= 0.3 is 5.97 Å². The van der Waals surface area contributed by atoms with Crippen molar-refractivity contribution in [3.63, 3.8) is 0 Å². The number of alkyl halides is 1. The van der Waals surface area contributed by atoms with Crippen LogP contribution in [-0.4, -0.2) is 42.2 Å². The van der Waals surface area contributed by atoms with Crippen LogP contribution in [0.15, 0.2) is 0 Å². The minimum absolute atomic E-state index is 0.0661. The van der Waals surface area contributed by atoms with E-state index in [-0.39, 0.29) is 41.1 Å². The molecule has 4 rings (SSSR count). The van der Waals surface area contributed by atoms with E-state index in [4.69, 9.17) is 5.11 Å². The molecule has 4 fully saturated rings. The number of aliphatic hydroxyl groups is 3.